The zero-order valence-corrected chi connectivity index (χ0v) is 12.6. The van der Waals surface area contributed by atoms with Gasteiger partial charge in [0.2, 0.25) is 0 Å². The van der Waals surface area contributed by atoms with Gasteiger partial charge in [-0.1, -0.05) is 13.3 Å². The first-order chi connectivity index (χ1) is 10.1. The van der Waals surface area contributed by atoms with Crippen molar-refractivity contribution < 1.29 is 13.6 Å². The minimum atomic E-state index is -0.881. The molecule has 1 aromatic carbocycles. The van der Waals surface area contributed by atoms with Crippen LogP contribution in [0.4, 0.5) is 14.5 Å². The third kappa shape index (κ3) is 3.65. The molecule has 4 nitrogen and oxygen atoms in total. The van der Waals surface area contributed by atoms with Crippen LogP contribution >= 0.6 is 11.8 Å². The largest absolute Gasteiger partial charge is 0.348 e. The summed E-state index contributed by atoms with van der Waals surface area (Å²) in [5, 5.41) is 3.25. The lowest BCUT2D eigenvalue weighted by molar-refractivity contribution is 0.0938. The standard InChI is InChI=1S/C14H19F2N3OS/c1-2-21-12-5-3-4-11(12)18-14(20)8-6-9(15)13(19-17)10(16)7-8/h6-7,11-12,19H,2-5,17H2,1H3,(H,18,20). The molecule has 0 bridgehead atoms. The smallest absolute Gasteiger partial charge is 0.251 e. The third-order valence-electron chi connectivity index (χ3n) is 3.60. The van der Waals surface area contributed by atoms with Crippen LogP contribution in [-0.2, 0) is 0 Å². The summed E-state index contributed by atoms with van der Waals surface area (Å²) in [5.74, 6) is 3.80. The van der Waals surface area contributed by atoms with Gasteiger partial charge in [-0.05, 0) is 30.7 Å². The van der Waals surface area contributed by atoms with E-state index in [0.717, 1.165) is 37.1 Å². The summed E-state index contributed by atoms with van der Waals surface area (Å²) < 4.78 is 27.2. The number of anilines is 1. The van der Waals surface area contributed by atoms with Gasteiger partial charge in [0.05, 0.1) is 0 Å². The molecular formula is C14H19F2N3OS. The van der Waals surface area contributed by atoms with Gasteiger partial charge in [0.1, 0.15) is 5.69 Å². The first kappa shape index (κ1) is 16.0. The van der Waals surface area contributed by atoms with Gasteiger partial charge in [0, 0.05) is 16.9 Å². The minimum absolute atomic E-state index is 0.0313. The summed E-state index contributed by atoms with van der Waals surface area (Å²) in [7, 11) is 0. The molecule has 1 amide bonds. The average molecular weight is 315 g/mol. The highest BCUT2D eigenvalue weighted by atomic mass is 32.2. The summed E-state index contributed by atoms with van der Waals surface area (Å²) in [6, 6.07) is 2.04. The van der Waals surface area contributed by atoms with Crippen molar-refractivity contribution in [2.75, 3.05) is 11.2 Å². The van der Waals surface area contributed by atoms with Gasteiger partial charge in [-0.25, -0.2) is 8.78 Å². The lowest BCUT2D eigenvalue weighted by atomic mass is 10.1. The predicted octanol–water partition coefficient (Wildman–Crippen LogP) is 2.65. The molecule has 0 spiro atoms. The fraction of sp³-hybridized carbons (Fsp3) is 0.500. The van der Waals surface area contributed by atoms with Gasteiger partial charge >= 0.3 is 0 Å². The normalized spacial score (nSPS) is 21.3. The molecule has 1 aliphatic carbocycles. The number of hydrazine groups is 1. The van der Waals surface area contributed by atoms with Crippen LogP contribution in [0.2, 0.25) is 0 Å². The topological polar surface area (TPSA) is 67.2 Å². The van der Waals surface area contributed by atoms with Crippen molar-refractivity contribution in [3.63, 3.8) is 0 Å². The minimum Gasteiger partial charge on any atom is -0.348 e. The number of nitrogens with two attached hydrogens (primary N) is 1. The van der Waals surface area contributed by atoms with Gasteiger partial charge < -0.3 is 10.7 Å². The molecule has 0 saturated heterocycles. The van der Waals surface area contributed by atoms with Gasteiger partial charge in [-0.3, -0.25) is 10.6 Å². The van der Waals surface area contributed by atoms with Crippen LogP contribution in [0.5, 0.6) is 0 Å². The summed E-state index contributed by atoms with van der Waals surface area (Å²) in [5.41, 5.74) is 1.47. The van der Waals surface area contributed by atoms with Crippen molar-refractivity contribution in [2.45, 2.75) is 37.5 Å². The number of thioether (sulfide) groups is 1. The zero-order chi connectivity index (χ0) is 15.4. The lowest BCUT2D eigenvalue weighted by Crippen LogP contribution is -2.38. The molecular weight excluding hydrogens is 296 g/mol. The van der Waals surface area contributed by atoms with Crippen molar-refractivity contribution in [3.05, 3.63) is 29.3 Å². The van der Waals surface area contributed by atoms with Crippen molar-refractivity contribution in [2.24, 2.45) is 5.84 Å². The fourth-order valence-corrected chi connectivity index (χ4v) is 3.80. The Bertz CT molecular complexity index is 504. The van der Waals surface area contributed by atoms with Crippen LogP contribution in [0.3, 0.4) is 0 Å². The number of benzene rings is 1. The maximum atomic E-state index is 13.6. The monoisotopic (exact) mass is 315 g/mol. The highest BCUT2D eigenvalue weighted by molar-refractivity contribution is 7.99. The molecule has 1 saturated carbocycles. The maximum absolute atomic E-state index is 13.6. The number of rotatable bonds is 5. The van der Waals surface area contributed by atoms with E-state index in [2.05, 4.69) is 12.2 Å². The third-order valence-corrected chi connectivity index (χ3v) is 4.92. The number of nitrogens with one attached hydrogen (secondary N) is 2. The van der Waals surface area contributed by atoms with E-state index in [9.17, 15) is 13.6 Å². The molecule has 7 heteroatoms. The van der Waals surface area contributed by atoms with Crippen molar-refractivity contribution in [1.29, 1.82) is 0 Å². The summed E-state index contributed by atoms with van der Waals surface area (Å²) >= 11 is 1.81. The Kier molecular flexibility index (Phi) is 5.41. The second-order valence-corrected chi connectivity index (χ2v) is 6.48. The predicted molar refractivity (Wildman–Crippen MR) is 81.2 cm³/mol. The molecule has 0 aliphatic heterocycles. The number of halogens is 2. The van der Waals surface area contributed by atoms with Crippen LogP contribution in [0.25, 0.3) is 0 Å². The van der Waals surface area contributed by atoms with Crippen molar-refractivity contribution in [1.82, 2.24) is 5.32 Å². The molecule has 2 atom stereocenters. The molecule has 2 rings (SSSR count). The van der Waals surface area contributed by atoms with E-state index >= 15 is 0 Å². The first-order valence-corrected chi connectivity index (χ1v) is 7.99. The summed E-state index contributed by atoms with van der Waals surface area (Å²) in [6.07, 6.45) is 3.01. The van der Waals surface area contributed by atoms with Crippen molar-refractivity contribution in [3.8, 4) is 0 Å². The van der Waals surface area contributed by atoms with Gasteiger partial charge in [-0.2, -0.15) is 11.8 Å². The summed E-state index contributed by atoms with van der Waals surface area (Å²) in [4.78, 5) is 12.1. The van der Waals surface area contributed by atoms with Gasteiger partial charge in [-0.15, -0.1) is 0 Å². The Hall–Kier alpha value is -1.34. The highest BCUT2D eigenvalue weighted by Crippen LogP contribution is 2.30. The first-order valence-electron chi connectivity index (χ1n) is 6.95. The Morgan fingerprint density at radius 2 is 2.05 bits per heavy atom. The molecule has 1 fully saturated rings. The number of hydrogen-bond acceptors (Lipinski definition) is 4. The molecule has 21 heavy (non-hydrogen) atoms. The molecule has 1 aliphatic rings. The maximum Gasteiger partial charge on any atom is 0.251 e. The molecule has 4 N–H and O–H groups in total. The van der Waals surface area contributed by atoms with E-state index in [4.69, 9.17) is 5.84 Å². The van der Waals surface area contributed by atoms with E-state index in [-0.39, 0.29) is 11.6 Å². The van der Waals surface area contributed by atoms with E-state index in [1.165, 1.54) is 0 Å². The Morgan fingerprint density at radius 3 is 2.62 bits per heavy atom. The van der Waals surface area contributed by atoms with E-state index < -0.39 is 23.2 Å². The molecule has 2 unspecified atom stereocenters. The van der Waals surface area contributed by atoms with E-state index in [0.29, 0.717) is 5.25 Å². The van der Waals surface area contributed by atoms with Crippen molar-refractivity contribution >= 4 is 23.4 Å². The van der Waals surface area contributed by atoms with Crippen LogP contribution in [0.1, 0.15) is 36.5 Å². The quantitative estimate of drug-likeness (QED) is 0.577. The number of carbonyl (C=O) groups excluding carboxylic acids is 1. The van der Waals surface area contributed by atoms with Gasteiger partial charge in [0.15, 0.2) is 11.6 Å². The van der Waals surface area contributed by atoms with Gasteiger partial charge in [0.25, 0.3) is 5.91 Å². The Morgan fingerprint density at radius 1 is 1.38 bits per heavy atom. The van der Waals surface area contributed by atoms with Crippen LogP contribution in [-0.4, -0.2) is 23.0 Å². The summed E-state index contributed by atoms with van der Waals surface area (Å²) in [6.45, 7) is 2.07. The molecule has 0 heterocycles. The Balaban J connectivity index is 2.10. The SMILES string of the molecule is CCSC1CCCC1NC(=O)c1cc(F)c(NN)c(F)c1. The second kappa shape index (κ2) is 7.09. The number of carbonyl (C=O) groups is 1. The molecule has 0 radical (unpaired) electrons. The Labute approximate surface area is 126 Å². The molecule has 1 aromatic rings. The zero-order valence-electron chi connectivity index (χ0n) is 11.8. The molecule has 116 valence electrons. The second-order valence-electron chi connectivity index (χ2n) is 4.96. The van der Waals surface area contributed by atoms with E-state index in [1.54, 1.807) is 0 Å². The van der Waals surface area contributed by atoms with Crippen LogP contribution in [0, 0.1) is 11.6 Å². The number of amides is 1. The van der Waals surface area contributed by atoms with E-state index in [1.807, 2.05) is 17.2 Å². The van der Waals surface area contributed by atoms with Crippen LogP contribution in [0.15, 0.2) is 12.1 Å². The number of hydrogen-bond donors (Lipinski definition) is 3. The average Bonchev–Trinajstić information content (AvgIpc) is 2.86. The number of nitrogen functional groups attached to an aromatic ring is 1. The lowest BCUT2D eigenvalue weighted by Gasteiger charge is -2.20. The highest BCUT2D eigenvalue weighted by Gasteiger charge is 2.29. The molecule has 0 aromatic heterocycles. The van der Waals surface area contributed by atoms with Crippen LogP contribution < -0.4 is 16.6 Å². The fourth-order valence-electron chi connectivity index (χ4n) is 2.60.